The molecule has 15 heavy (non-hydrogen) atoms. The molecule has 0 radical (unpaired) electrons. The molecule has 2 atom stereocenters. The highest BCUT2D eigenvalue weighted by Crippen LogP contribution is 2.26. The highest BCUT2D eigenvalue weighted by molar-refractivity contribution is 5.87. The first-order valence-electron chi connectivity index (χ1n) is 5.02. The maximum Gasteiger partial charge on any atom is 0.304 e. The van der Waals surface area contributed by atoms with Crippen molar-refractivity contribution in [3.8, 4) is 0 Å². The molecule has 0 aliphatic rings. The summed E-state index contributed by atoms with van der Waals surface area (Å²) in [6, 6.07) is 0. The molecule has 0 aromatic carbocycles. The van der Waals surface area contributed by atoms with Crippen molar-refractivity contribution in [2.24, 2.45) is 11.7 Å². The summed E-state index contributed by atoms with van der Waals surface area (Å²) in [5, 5.41) is 18.6. The summed E-state index contributed by atoms with van der Waals surface area (Å²) < 4.78 is 0. The standard InChI is InChI=1S/C10H19NO4/c1-3-4-10(2,15)7(5-9(13)14)8(12)6-11/h7,15H,3-6,11H2,1-2H3,(H,13,14). The van der Waals surface area contributed by atoms with Crippen LogP contribution in [0.1, 0.15) is 33.1 Å². The fraction of sp³-hybridized carbons (Fsp3) is 0.800. The molecule has 0 fully saturated rings. The molecule has 0 spiro atoms. The van der Waals surface area contributed by atoms with E-state index >= 15 is 0 Å². The van der Waals surface area contributed by atoms with E-state index in [2.05, 4.69) is 0 Å². The number of hydrogen-bond acceptors (Lipinski definition) is 4. The average molecular weight is 217 g/mol. The largest absolute Gasteiger partial charge is 0.481 e. The van der Waals surface area contributed by atoms with Gasteiger partial charge in [-0.2, -0.15) is 0 Å². The number of aliphatic carboxylic acids is 1. The van der Waals surface area contributed by atoms with Gasteiger partial charge in [0, 0.05) is 0 Å². The van der Waals surface area contributed by atoms with Crippen molar-refractivity contribution < 1.29 is 19.8 Å². The van der Waals surface area contributed by atoms with Gasteiger partial charge in [0.05, 0.1) is 24.5 Å². The van der Waals surface area contributed by atoms with Crippen molar-refractivity contribution in [1.82, 2.24) is 0 Å². The fourth-order valence-electron chi connectivity index (χ4n) is 1.68. The van der Waals surface area contributed by atoms with Gasteiger partial charge >= 0.3 is 5.97 Å². The van der Waals surface area contributed by atoms with E-state index in [1.165, 1.54) is 6.92 Å². The van der Waals surface area contributed by atoms with Crippen LogP contribution in [0.15, 0.2) is 0 Å². The van der Waals surface area contributed by atoms with Crippen molar-refractivity contribution in [3.05, 3.63) is 0 Å². The minimum atomic E-state index is -1.29. The molecule has 0 aliphatic carbocycles. The fourth-order valence-corrected chi connectivity index (χ4v) is 1.68. The van der Waals surface area contributed by atoms with Gasteiger partial charge in [-0.05, 0) is 13.3 Å². The molecule has 4 N–H and O–H groups in total. The number of Topliss-reactive ketones (excluding diaryl/α,β-unsaturated/α-hetero) is 1. The topological polar surface area (TPSA) is 101 Å². The van der Waals surface area contributed by atoms with Gasteiger partial charge in [0.25, 0.3) is 0 Å². The molecule has 0 amide bonds. The van der Waals surface area contributed by atoms with Crippen molar-refractivity contribution in [2.75, 3.05) is 6.54 Å². The molecule has 5 nitrogen and oxygen atoms in total. The SMILES string of the molecule is CCCC(C)(O)C(CC(=O)O)C(=O)CN. The predicted molar refractivity (Wildman–Crippen MR) is 55.3 cm³/mol. The van der Waals surface area contributed by atoms with Crippen molar-refractivity contribution >= 4 is 11.8 Å². The van der Waals surface area contributed by atoms with Crippen molar-refractivity contribution in [3.63, 3.8) is 0 Å². The number of hydrogen-bond donors (Lipinski definition) is 3. The summed E-state index contributed by atoms with van der Waals surface area (Å²) in [6.07, 6.45) is 0.695. The Balaban J connectivity index is 4.75. The van der Waals surface area contributed by atoms with Crippen molar-refractivity contribution in [1.29, 1.82) is 0 Å². The Kier molecular flexibility index (Phi) is 5.46. The number of carbonyl (C=O) groups is 2. The van der Waals surface area contributed by atoms with E-state index in [9.17, 15) is 14.7 Å². The van der Waals surface area contributed by atoms with Gasteiger partial charge in [-0.1, -0.05) is 13.3 Å². The van der Waals surface area contributed by atoms with Crippen LogP contribution in [0.5, 0.6) is 0 Å². The monoisotopic (exact) mass is 217 g/mol. The van der Waals surface area contributed by atoms with E-state index in [1.807, 2.05) is 6.92 Å². The Hall–Kier alpha value is -0.940. The lowest BCUT2D eigenvalue weighted by Crippen LogP contribution is -2.43. The second-order valence-corrected chi connectivity index (χ2v) is 3.93. The summed E-state index contributed by atoms with van der Waals surface area (Å²) in [7, 11) is 0. The molecule has 2 unspecified atom stereocenters. The third-order valence-electron chi connectivity index (χ3n) is 2.48. The van der Waals surface area contributed by atoms with Crippen LogP contribution < -0.4 is 5.73 Å². The molecule has 0 bridgehead atoms. The van der Waals surface area contributed by atoms with Gasteiger partial charge in [0.15, 0.2) is 5.78 Å². The zero-order valence-corrected chi connectivity index (χ0v) is 9.19. The summed E-state index contributed by atoms with van der Waals surface area (Å²) in [6.45, 7) is 3.11. The Morgan fingerprint density at radius 1 is 1.47 bits per heavy atom. The smallest absolute Gasteiger partial charge is 0.304 e. The first kappa shape index (κ1) is 14.1. The predicted octanol–water partition coefficient (Wildman–Crippen LogP) is 0.156. The van der Waals surface area contributed by atoms with Gasteiger partial charge in [-0.3, -0.25) is 9.59 Å². The van der Waals surface area contributed by atoms with Gasteiger partial charge < -0.3 is 15.9 Å². The van der Waals surface area contributed by atoms with E-state index in [-0.39, 0.29) is 13.0 Å². The molecule has 0 rings (SSSR count). The third kappa shape index (κ3) is 4.40. The Labute approximate surface area is 89.3 Å². The van der Waals surface area contributed by atoms with Gasteiger partial charge in [0.2, 0.25) is 0 Å². The zero-order valence-electron chi connectivity index (χ0n) is 9.19. The van der Waals surface area contributed by atoms with E-state index in [1.54, 1.807) is 0 Å². The van der Waals surface area contributed by atoms with Crippen LogP contribution in [0.2, 0.25) is 0 Å². The quantitative estimate of drug-likeness (QED) is 0.563. The lowest BCUT2D eigenvalue weighted by Gasteiger charge is -2.30. The molecule has 5 heteroatoms. The number of carboxylic acid groups (broad SMARTS) is 1. The summed E-state index contributed by atoms with van der Waals surface area (Å²) in [5.74, 6) is -2.42. The summed E-state index contributed by atoms with van der Waals surface area (Å²) in [4.78, 5) is 22.0. The van der Waals surface area contributed by atoms with Crippen LogP contribution >= 0.6 is 0 Å². The zero-order chi connectivity index (χ0) is 12.1. The van der Waals surface area contributed by atoms with Crippen LogP contribution in [0.3, 0.4) is 0 Å². The second kappa shape index (κ2) is 5.82. The van der Waals surface area contributed by atoms with E-state index in [4.69, 9.17) is 10.8 Å². The van der Waals surface area contributed by atoms with Gasteiger partial charge in [-0.15, -0.1) is 0 Å². The summed E-state index contributed by atoms with van der Waals surface area (Å²) >= 11 is 0. The van der Waals surface area contributed by atoms with E-state index in [0.717, 1.165) is 0 Å². The van der Waals surface area contributed by atoms with Gasteiger partial charge in [-0.25, -0.2) is 0 Å². The number of carboxylic acids is 1. The Morgan fingerprint density at radius 3 is 2.33 bits per heavy atom. The highest BCUT2D eigenvalue weighted by atomic mass is 16.4. The van der Waals surface area contributed by atoms with Crippen LogP contribution in [0, 0.1) is 5.92 Å². The first-order chi connectivity index (χ1) is 6.85. The third-order valence-corrected chi connectivity index (χ3v) is 2.48. The first-order valence-corrected chi connectivity index (χ1v) is 5.02. The normalized spacial score (nSPS) is 16.8. The number of rotatable bonds is 7. The number of nitrogens with two attached hydrogens (primary N) is 1. The maximum absolute atomic E-state index is 11.4. The minimum Gasteiger partial charge on any atom is -0.481 e. The molecule has 0 heterocycles. The lowest BCUT2D eigenvalue weighted by atomic mass is 9.80. The van der Waals surface area contributed by atoms with Gasteiger partial charge in [0.1, 0.15) is 0 Å². The molecule has 88 valence electrons. The lowest BCUT2D eigenvalue weighted by molar-refractivity contribution is -0.146. The second-order valence-electron chi connectivity index (χ2n) is 3.93. The van der Waals surface area contributed by atoms with Crippen molar-refractivity contribution in [2.45, 2.75) is 38.7 Å². The van der Waals surface area contributed by atoms with E-state index in [0.29, 0.717) is 12.8 Å². The molecular formula is C10H19NO4. The molecular weight excluding hydrogens is 198 g/mol. The van der Waals surface area contributed by atoms with Crippen LogP contribution in [-0.2, 0) is 9.59 Å². The number of aliphatic hydroxyl groups is 1. The number of ketones is 1. The molecule has 0 aromatic heterocycles. The summed E-state index contributed by atoms with van der Waals surface area (Å²) in [5.41, 5.74) is 3.90. The maximum atomic E-state index is 11.4. The van der Waals surface area contributed by atoms with Crippen LogP contribution in [0.4, 0.5) is 0 Å². The van der Waals surface area contributed by atoms with Crippen LogP contribution in [-0.4, -0.2) is 34.1 Å². The van der Waals surface area contributed by atoms with E-state index < -0.39 is 23.3 Å². The number of carbonyl (C=O) groups excluding carboxylic acids is 1. The Morgan fingerprint density at radius 2 is 2.00 bits per heavy atom. The molecule has 0 saturated carbocycles. The minimum absolute atomic E-state index is 0.238. The molecule has 0 aliphatic heterocycles. The van der Waals surface area contributed by atoms with Crippen LogP contribution in [0.25, 0.3) is 0 Å². The highest BCUT2D eigenvalue weighted by Gasteiger charge is 2.37. The molecule has 0 aromatic rings. The Bertz CT molecular complexity index is 238. The molecule has 0 saturated heterocycles. The average Bonchev–Trinajstić information content (AvgIpc) is 2.12.